The number of hydrogen-bond donors (Lipinski definition) is 2. The number of aliphatic hydroxyl groups excluding tert-OH is 1. The zero-order valence-corrected chi connectivity index (χ0v) is 15.1. The van der Waals surface area contributed by atoms with Crippen molar-refractivity contribution >= 4 is 13.3 Å². The maximum Gasteiger partial charge on any atom is 0.305 e. The van der Waals surface area contributed by atoms with Crippen LogP contribution in [0.25, 0.3) is 11.1 Å². The van der Waals surface area contributed by atoms with E-state index in [0.29, 0.717) is 6.42 Å². The van der Waals surface area contributed by atoms with Crippen molar-refractivity contribution in [1.29, 1.82) is 0 Å². The number of benzene rings is 2. The van der Waals surface area contributed by atoms with Crippen molar-refractivity contribution < 1.29 is 24.1 Å². The molecule has 2 N–H and O–H groups in total. The van der Waals surface area contributed by atoms with Gasteiger partial charge in [0.15, 0.2) is 0 Å². The van der Waals surface area contributed by atoms with Gasteiger partial charge >= 0.3 is 5.97 Å². The van der Waals surface area contributed by atoms with Crippen LogP contribution in [0.4, 0.5) is 0 Å². The van der Waals surface area contributed by atoms with E-state index in [4.69, 9.17) is 9.63 Å². The molecule has 0 fully saturated rings. The first-order valence-electron chi connectivity index (χ1n) is 8.10. The van der Waals surface area contributed by atoms with Crippen LogP contribution in [0.2, 0.25) is 0 Å². The number of aliphatic carboxylic acids is 1. The molecule has 0 heterocycles. The smallest absolute Gasteiger partial charge is 0.305 e. The maximum absolute atomic E-state index is 12.8. The summed E-state index contributed by atoms with van der Waals surface area (Å²) in [6.45, 7) is 0. The van der Waals surface area contributed by atoms with Crippen LogP contribution in [0.3, 0.4) is 0 Å². The Morgan fingerprint density at radius 1 is 1.12 bits per heavy atom. The predicted molar refractivity (Wildman–Crippen MR) is 98.2 cm³/mol. The van der Waals surface area contributed by atoms with Gasteiger partial charge in [0.25, 0.3) is 0 Å². The fourth-order valence-electron chi connectivity index (χ4n) is 2.77. The molecule has 0 spiro atoms. The Labute approximate surface area is 147 Å². The Hall–Kier alpha value is -1.94. The van der Waals surface area contributed by atoms with Crippen LogP contribution in [-0.4, -0.2) is 41.7 Å². The molecule has 2 aromatic rings. The summed E-state index contributed by atoms with van der Waals surface area (Å²) < 4.78 is 18.0. The highest BCUT2D eigenvalue weighted by Crippen LogP contribution is 2.47. The Balaban J connectivity index is 2.12. The Morgan fingerprint density at radius 2 is 1.76 bits per heavy atom. The van der Waals surface area contributed by atoms with Gasteiger partial charge in [-0.2, -0.15) is 0 Å². The summed E-state index contributed by atoms with van der Waals surface area (Å²) >= 11 is 0. The highest BCUT2D eigenvalue weighted by Gasteiger charge is 2.27. The third-order valence-electron chi connectivity index (χ3n) is 4.06. The lowest BCUT2D eigenvalue weighted by atomic mass is 9.98. The van der Waals surface area contributed by atoms with Crippen LogP contribution >= 0.6 is 7.37 Å². The molecule has 2 aromatic carbocycles. The molecule has 1 unspecified atom stereocenters. The van der Waals surface area contributed by atoms with E-state index in [2.05, 4.69) is 0 Å². The van der Waals surface area contributed by atoms with E-state index in [-0.39, 0.29) is 12.3 Å². The summed E-state index contributed by atoms with van der Waals surface area (Å²) in [7, 11) is -1.76. The molecule has 2 atom stereocenters. The van der Waals surface area contributed by atoms with Crippen molar-refractivity contribution in [1.82, 2.24) is 0 Å². The average molecular weight is 362 g/mol. The maximum atomic E-state index is 12.8. The number of rotatable bonds is 9. The van der Waals surface area contributed by atoms with Crippen molar-refractivity contribution in [2.75, 3.05) is 19.4 Å². The summed E-state index contributed by atoms with van der Waals surface area (Å²) in [5, 5.41) is 18.5. The van der Waals surface area contributed by atoms with E-state index < -0.39 is 25.9 Å². The lowest BCUT2D eigenvalue weighted by Crippen LogP contribution is -2.19. The molecule has 0 saturated carbocycles. The van der Waals surface area contributed by atoms with Crippen LogP contribution in [0.15, 0.2) is 54.6 Å². The minimum Gasteiger partial charge on any atom is -0.481 e. The molecule has 134 valence electrons. The molecule has 0 bridgehead atoms. The third-order valence-corrected chi connectivity index (χ3v) is 6.60. The zero-order chi connectivity index (χ0) is 18.3. The summed E-state index contributed by atoms with van der Waals surface area (Å²) in [5.41, 5.74) is 3.19. The van der Waals surface area contributed by atoms with Crippen molar-refractivity contribution in [3.8, 4) is 11.1 Å². The van der Waals surface area contributed by atoms with Crippen LogP contribution < -0.4 is 0 Å². The molecular weight excluding hydrogens is 339 g/mol. The van der Waals surface area contributed by atoms with Crippen molar-refractivity contribution in [2.24, 2.45) is 0 Å². The second-order valence-corrected chi connectivity index (χ2v) is 8.73. The van der Waals surface area contributed by atoms with Gasteiger partial charge in [-0.3, -0.25) is 9.36 Å². The molecule has 5 nitrogen and oxygen atoms in total. The van der Waals surface area contributed by atoms with Gasteiger partial charge in [-0.15, -0.1) is 0 Å². The molecule has 0 aromatic heterocycles. The molecule has 2 rings (SSSR count). The second-order valence-electron chi connectivity index (χ2n) is 5.93. The SMILES string of the molecule is COP(=O)(CCc1ccccc1-c1ccccc1)C[C@@H](O)CC(=O)O. The third kappa shape index (κ3) is 5.82. The Morgan fingerprint density at radius 3 is 2.40 bits per heavy atom. The largest absolute Gasteiger partial charge is 0.481 e. The quantitative estimate of drug-likeness (QED) is 0.665. The minimum atomic E-state index is -3.10. The molecule has 25 heavy (non-hydrogen) atoms. The molecule has 0 aliphatic carbocycles. The van der Waals surface area contributed by atoms with E-state index >= 15 is 0 Å². The second kappa shape index (κ2) is 8.95. The van der Waals surface area contributed by atoms with E-state index in [0.717, 1.165) is 16.7 Å². The van der Waals surface area contributed by atoms with Crippen LogP contribution in [-0.2, 0) is 20.3 Å². The zero-order valence-electron chi connectivity index (χ0n) is 14.2. The first kappa shape index (κ1) is 19.4. The number of aryl methyl sites for hydroxylation is 1. The molecule has 0 amide bonds. The molecule has 0 radical (unpaired) electrons. The first-order valence-corrected chi connectivity index (χ1v) is 10.1. The number of hydrogen-bond acceptors (Lipinski definition) is 4. The van der Waals surface area contributed by atoms with Crippen molar-refractivity contribution in [3.63, 3.8) is 0 Å². The molecule has 0 aliphatic rings. The molecular formula is C19H23O5P. The summed E-state index contributed by atoms with van der Waals surface area (Å²) in [4.78, 5) is 10.7. The molecule has 6 heteroatoms. The normalized spacial score (nSPS) is 14.6. The standard InChI is InChI=1S/C19H23O5P/c1-24-25(23,14-17(20)13-19(21)22)12-11-16-9-5-6-10-18(16)15-7-3-2-4-8-15/h2-10,17,20H,11-14H2,1H3,(H,21,22)/t17-,25?/m0/s1. The fourth-order valence-corrected chi connectivity index (χ4v) is 4.64. The Bertz CT molecular complexity index is 744. The van der Waals surface area contributed by atoms with Gasteiger partial charge in [0.1, 0.15) is 0 Å². The monoisotopic (exact) mass is 362 g/mol. The van der Waals surface area contributed by atoms with Gasteiger partial charge in [-0.25, -0.2) is 0 Å². The Kier molecular flexibility index (Phi) is 6.94. The highest BCUT2D eigenvalue weighted by atomic mass is 31.2. The van der Waals surface area contributed by atoms with Gasteiger partial charge in [-0.05, 0) is 23.1 Å². The number of aliphatic hydroxyl groups is 1. The van der Waals surface area contributed by atoms with Gasteiger partial charge in [0.2, 0.25) is 7.37 Å². The van der Waals surface area contributed by atoms with Crippen LogP contribution in [0.5, 0.6) is 0 Å². The van der Waals surface area contributed by atoms with E-state index in [1.54, 1.807) is 0 Å². The van der Waals surface area contributed by atoms with Crippen LogP contribution in [0, 0.1) is 0 Å². The summed E-state index contributed by atoms with van der Waals surface area (Å²) in [6, 6.07) is 17.8. The van der Waals surface area contributed by atoms with E-state index in [1.165, 1.54) is 7.11 Å². The van der Waals surface area contributed by atoms with Crippen molar-refractivity contribution in [3.05, 3.63) is 60.2 Å². The number of carbonyl (C=O) groups is 1. The molecule has 0 aliphatic heterocycles. The molecule has 0 saturated heterocycles. The van der Waals surface area contributed by atoms with Crippen LogP contribution in [0.1, 0.15) is 12.0 Å². The highest BCUT2D eigenvalue weighted by molar-refractivity contribution is 7.59. The predicted octanol–water partition coefficient (Wildman–Crippen LogP) is 3.66. The van der Waals surface area contributed by atoms with E-state index in [9.17, 15) is 14.5 Å². The topological polar surface area (TPSA) is 83.8 Å². The van der Waals surface area contributed by atoms with Crippen molar-refractivity contribution in [2.45, 2.75) is 18.9 Å². The summed E-state index contributed by atoms with van der Waals surface area (Å²) in [6.07, 6.45) is -0.982. The van der Waals surface area contributed by atoms with E-state index in [1.807, 2.05) is 54.6 Å². The first-order chi connectivity index (χ1) is 11.9. The number of carboxylic acids is 1. The fraction of sp³-hybridized carbons (Fsp3) is 0.316. The average Bonchev–Trinajstić information content (AvgIpc) is 2.60. The lowest BCUT2D eigenvalue weighted by Gasteiger charge is -2.19. The number of carboxylic acid groups (broad SMARTS) is 1. The van der Waals surface area contributed by atoms with Gasteiger partial charge in [0.05, 0.1) is 18.7 Å². The minimum absolute atomic E-state index is 0.150. The van der Waals surface area contributed by atoms with Gasteiger partial charge in [-0.1, -0.05) is 54.6 Å². The van der Waals surface area contributed by atoms with Gasteiger partial charge < -0.3 is 14.7 Å². The van der Waals surface area contributed by atoms with Gasteiger partial charge in [0, 0.05) is 13.3 Å². The lowest BCUT2D eigenvalue weighted by molar-refractivity contribution is -0.138. The summed E-state index contributed by atoms with van der Waals surface area (Å²) in [5.74, 6) is -1.12.